The van der Waals surface area contributed by atoms with Gasteiger partial charge in [0, 0.05) is 5.37 Å². The third kappa shape index (κ3) is 24.1. The molecule has 0 bridgehead atoms. The zero-order chi connectivity index (χ0) is 18.3. The summed E-state index contributed by atoms with van der Waals surface area (Å²) in [5, 5.41) is 2.81. The summed E-state index contributed by atoms with van der Waals surface area (Å²) in [5.74, 6) is 0. The third-order valence-electron chi connectivity index (χ3n) is 5.38. The molecule has 0 fully saturated rings. The molecule has 0 saturated heterocycles. The SMILES string of the molecule is CCCCCCCCCCCCCCCCCCCCCCC[C]=S. The van der Waals surface area contributed by atoms with E-state index in [-0.39, 0.29) is 0 Å². The van der Waals surface area contributed by atoms with Gasteiger partial charge in [-0.1, -0.05) is 148 Å². The Kier molecular flexibility index (Phi) is 24.2. The zero-order valence-corrected chi connectivity index (χ0v) is 18.3. The van der Waals surface area contributed by atoms with Crippen LogP contribution in [0.15, 0.2) is 0 Å². The Labute approximate surface area is 165 Å². The molecule has 0 aromatic rings. The van der Waals surface area contributed by atoms with Gasteiger partial charge in [0.05, 0.1) is 0 Å². The topological polar surface area (TPSA) is 0 Å². The highest BCUT2D eigenvalue weighted by atomic mass is 32.1. The monoisotopic (exact) mass is 367 g/mol. The molecular weight excluding hydrogens is 320 g/mol. The lowest BCUT2D eigenvalue weighted by Gasteiger charge is -2.04. The van der Waals surface area contributed by atoms with Gasteiger partial charge in [-0.25, -0.2) is 0 Å². The second kappa shape index (κ2) is 24.1. The maximum Gasteiger partial charge on any atom is 0.0291 e. The van der Waals surface area contributed by atoms with Gasteiger partial charge < -0.3 is 0 Å². The standard InChI is InChI=1S/C24H47S/c1-2-3-4-5-6-7-8-9-10-11-12-13-14-15-16-17-18-19-20-21-22-23-24-25/h2-23H2,1H3. The molecular formula is C24H47S. The van der Waals surface area contributed by atoms with Gasteiger partial charge in [-0.2, -0.15) is 0 Å². The summed E-state index contributed by atoms with van der Waals surface area (Å²) in [6.07, 6.45) is 31.3. The molecule has 0 saturated carbocycles. The minimum absolute atomic E-state index is 1.01. The molecule has 149 valence electrons. The fraction of sp³-hybridized carbons (Fsp3) is 0.958. The Morgan fingerprint density at radius 1 is 0.400 bits per heavy atom. The molecule has 1 heteroatoms. The molecule has 0 aromatic heterocycles. The lowest BCUT2D eigenvalue weighted by molar-refractivity contribution is 0.521. The average molecular weight is 368 g/mol. The Hall–Kier alpha value is 0.0900. The molecule has 0 atom stereocenters. The van der Waals surface area contributed by atoms with Crippen LogP contribution in [-0.4, -0.2) is 5.37 Å². The van der Waals surface area contributed by atoms with Gasteiger partial charge in [0.25, 0.3) is 0 Å². The molecule has 0 aromatic carbocycles. The van der Waals surface area contributed by atoms with Crippen LogP contribution < -0.4 is 0 Å². The van der Waals surface area contributed by atoms with Crippen LogP contribution in [0.1, 0.15) is 148 Å². The van der Waals surface area contributed by atoms with Crippen LogP contribution >= 0.6 is 12.2 Å². The molecule has 0 rings (SSSR count). The van der Waals surface area contributed by atoms with Crippen molar-refractivity contribution in [2.75, 3.05) is 0 Å². The molecule has 0 amide bonds. The summed E-state index contributed by atoms with van der Waals surface area (Å²) < 4.78 is 0. The van der Waals surface area contributed by atoms with Gasteiger partial charge in [-0.3, -0.25) is 0 Å². The predicted molar refractivity (Wildman–Crippen MR) is 120 cm³/mol. The van der Waals surface area contributed by atoms with Crippen molar-refractivity contribution in [1.29, 1.82) is 0 Å². The van der Waals surface area contributed by atoms with Crippen LogP contribution in [-0.2, 0) is 0 Å². The van der Waals surface area contributed by atoms with E-state index in [2.05, 4.69) is 12.3 Å². The number of unbranched alkanes of at least 4 members (excludes halogenated alkanes) is 21. The smallest absolute Gasteiger partial charge is 0.0291 e. The Bertz CT molecular complexity index is 236. The summed E-state index contributed by atoms with van der Waals surface area (Å²) in [4.78, 5) is 0. The van der Waals surface area contributed by atoms with Crippen LogP contribution in [0.25, 0.3) is 0 Å². The second-order valence-corrected chi connectivity index (χ2v) is 8.25. The van der Waals surface area contributed by atoms with Gasteiger partial charge in [0.2, 0.25) is 0 Å². The molecule has 25 heavy (non-hydrogen) atoms. The molecule has 0 unspecified atom stereocenters. The zero-order valence-electron chi connectivity index (χ0n) is 17.5. The first-order valence-electron chi connectivity index (χ1n) is 11.8. The van der Waals surface area contributed by atoms with Crippen LogP contribution in [0.5, 0.6) is 0 Å². The van der Waals surface area contributed by atoms with Crippen molar-refractivity contribution in [3.8, 4) is 0 Å². The van der Waals surface area contributed by atoms with E-state index in [0.717, 1.165) is 6.42 Å². The summed E-state index contributed by atoms with van der Waals surface area (Å²) in [6.45, 7) is 2.30. The molecule has 0 aliphatic rings. The quantitative estimate of drug-likeness (QED) is 0.136. The van der Waals surface area contributed by atoms with Gasteiger partial charge in [-0.15, -0.1) is 0 Å². The van der Waals surface area contributed by atoms with Crippen molar-refractivity contribution in [3.05, 3.63) is 0 Å². The first-order valence-corrected chi connectivity index (χ1v) is 12.2. The van der Waals surface area contributed by atoms with E-state index in [9.17, 15) is 0 Å². The number of hydrogen-bond donors (Lipinski definition) is 0. The minimum atomic E-state index is 1.01. The average Bonchev–Trinajstić information content (AvgIpc) is 2.63. The lowest BCUT2D eigenvalue weighted by atomic mass is 10.0. The van der Waals surface area contributed by atoms with E-state index in [4.69, 9.17) is 12.2 Å². The van der Waals surface area contributed by atoms with Gasteiger partial charge >= 0.3 is 0 Å². The van der Waals surface area contributed by atoms with Crippen LogP contribution in [0.4, 0.5) is 0 Å². The number of thiocarbonyl (C=S) groups is 1. The Morgan fingerprint density at radius 3 is 0.880 bits per heavy atom. The predicted octanol–water partition coefficient (Wildman–Crippen LogP) is 9.47. The van der Waals surface area contributed by atoms with Crippen molar-refractivity contribution in [2.45, 2.75) is 148 Å². The van der Waals surface area contributed by atoms with E-state index in [1.165, 1.54) is 135 Å². The van der Waals surface area contributed by atoms with Crippen molar-refractivity contribution in [3.63, 3.8) is 0 Å². The van der Waals surface area contributed by atoms with E-state index >= 15 is 0 Å². The first kappa shape index (κ1) is 25.1. The van der Waals surface area contributed by atoms with Gasteiger partial charge in [0.1, 0.15) is 0 Å². The molecule has 0 N–H and O–H groups in total. The van der Waals surface area contributed by atoms with Crippen LogP contribution in [0, 0.1) is 0 Å². The Balaban J connectivity index is 2.95. The Morgan fingerprint density at radius 2 is 0.640 bits per heavy atom. The van der Waals surface area contributed by atoms with Crippen molar-refractivity contribution >= 4 is 17.6 Å². The highest BCUT2D eigenvalue weighted by Gasteiger charge is 1.95. The maximum absolute atomic E-state index is 4.73. The molecule has 0 spiro atoms. The van der Waals surface area contributed by atoms with E-state index in [1.54, 1.807) is 0 Å². The number of hydrogen-bond acceptors (Lipinski definition) is 1. The molecule has 0 aliphatic heterocycles. The maximum atomic E-state index is 4.73. The number of rotatable bonds is 22. The van der Waals surface area contributed by atoms with Crippen LogP contribution in [0.2, 0.25) is 0 Å². The minimum Gasteiger partial charge on any atom is -0.0837 e. The second-order valence-electron chi connectivity index (χ2n) is 7.97. The van der Waals surface area contributed by atoms with E-state index in [1.807, 2.05) is 0 Å². The lowest BCUT2D eigenvalue weighted by Crippen LogP contribution is -1.84. The van der Waals surface area contributed by atoms with E-state index < -0.39 is 0 Å². The fourth-order valence-corrected chi connectivity index (χ4v) is 3.77. The molecule has 1 radical (unpaired) electrons. The first-order chi connectivity index (χ1) is 12.4. The summed E-state index contributed by atoms with van der Waals surface area (Å²) in [7, 11) is 0. The molecule has 0 aliphatic carbocycles. The van der Waals surface area contributed by atoms with Gasteiger partial charge in [-0.05, 0) is 12.8 Å². The largest absolute Gasteiger partial charge is 0.0837 e. The highest BCUT2D eigenvalue weighted by Crippen LogP contribution is 2.15. The van der Waals surface area contributed by atoms with Crippen molar-refractivity contribution in [2.24, 2.45) is 0 Å². The third-order valence-corrected chi connectivity index (χ3v) is 5.59. The normalized spacial score (nSPS) is 11.1. The molecule has 0 nitrogen and oxygen atoms in total. The fourth-order valence-electron chi connectivity index (χ4n) is 3.63. The van der Waals surface area contributed by atoms with Crippen molar-refractivity contribution < 1.29 is 0 Å². The summed E-state index contributed by atoms with van der Waals surface area (Å²) in [5.41, 5.74) is 0. The summed E-state index contributed by atoms with van der Waals surface area (Å²) in [6, 6.07) is 0. The highest BCUT2D eigenvalue weighted by molar-refractivity contribution is 7.78. The van der Waals surface area contributed by atoms with Crippen LogP contribution in [0.3, 0.4) is 0 Å². The molecule has 0 heterocycles. The van der Waals surface area contributed by atoms with Gasteiger partial charge in [0.15, 0.2) is 0 Å². The van der Waals surface area contributed by atoms with E-state index in [0.29, 0.717) is 0 Å². The summed E-state index contributed by atoms with van der Waals surface area (Å²) >= 11 is 4.73. The van der Waals surface area contributed by atoms with Crippen molar-refractivity contribution in [1.82, 2.24) is 0 Å².